The molecular weight excluding hydrogens is 248 g/mol. The second-order valence-corrected chi connectivity index (χ2v) is 12.3. The standard InChI is InChI=1S/C17H32OSi/c1-9-10-15-11-13(2)12-16(14(15)3)18-19(7,8)17(4,5)6/h10,13,16H,3,9,11-12H2,1-2,4-8H3/b15-10-/t13-,16?/m0/s1. The van der Waals surface area contributed by atoms with Gasteiger partial charge in [0, 0.05) is 0 Å². The highest BCUT2D eigenvalue weighted by molar-refractivity contribution is 6.74. The Bertz CT molecular complexity index is 360. The topological polar surface area (TPSA) is 9.23 Å². The summed E-state index contributed by atoms with van der Waals surface area (Å²) in [4.78, 5) is 0. The van der Waals surface area contributed by atoms with Crippen molar-refractivity contribution in [2.45, 2.75) is 78.1 Å². The van der Waals surface area contributed by atoms with Crippen LogP contribution in [0.3, 0.4) is 0 Å². The van der Waals surface area contributed by atoms with Gasteiger partial charge in [-0.3, -0.25) is 0 Å². The maximum atomic E-state index is 6.60. The quantitative estimate of drug-likeness (QED) is 0.603. The number of hydrogen-bond donors (Lipinski definition) is 0. The molecule has 0 spiro atoms. The van der Waals surface area contributed by atoms with Gasteiger partial charge in [-0.1, -0.05) is 47.3 Å². The van der Waals surface area contributed by atoms with Gasteiger partial charge in [-0.05, 0) is 54.5 Å². The van der Waals surface area contributed by atoms with Gasteiger partial charge >= 0.3 is 0 Å². The second kappa shape index (κ2) is 5.97. The van der Waals surface area contributed by atoms with Crippen LogP contribution in [0.15, 0.2) is 23.8 Å². The van der Waals surface area contributed by atoms with Crippen molar-refractivity contribution < 1.29 is 4.43 Å². The summed E-state index contributed by atoms with van der Waals surface area (Å²) in [6.07, 6.45) is 5.96. The molecule has 0 bridgehead atoms. The monoisotopic (exact) mass is 280 g/mol. The highest BCUT2D eigenvalue weighted by atomic mass is 28.4. The fraction of sp³-hybridized carbons (Fsp3) is 0.765. The molecule has 0 saturated heterocycles. The zero-order valence-corrected chi connectivity index (χ0v) is 15.0. The molecule has 0 radical (unpaired) electrons. The van der Waals surface area contributed by atoms with E-state index in [9.17, 15) is 0 Å². The highest BCUT2D eigenvalue weighted by Crippen LogP contribution is 2.42. The Hall–Kier alpha value is -0.343. The van der Waals surface area contributed by atoms with Crippen molar-refractivity contribution in [2.24, 2.45) is 5.92 Å². The van der Waals surface area contributed by atoms with Crippen LogP contribution < -0.4 is 0 Å². The molecule has 0 heterocycles. The molecule has 0 aromatic heterocycles. The van der Waals surface area contributed by atoms with Crippen molar-refractivity contribution in [1.82, 2.24) is 0 Å². The van der Waals surface area contributed by atoms with E-state index in [1.54, 1.807) is 0 Å². The number of allylic oxidation sites excluding steroid dienone is 1. The summed E-state index contributed by atoms with van der Waals surface area (Å²) in [5.41, 5.74) is 2.68. The predicted octanol–water partition coefficient (Wildman–Crippen LogP) is 5.70. The minimum absolute atomic E-state index is 0.238. The first-order valence-electron chi connectivity index (χ1n) is 7.64. The summed E-state index contributed by atoms with van der Waals surface area (Å²) in [5, 5.41) is 0.266. The molecule has 19 heavy (non-hydrogen) atoms. The zero-order valence-electron chi connectivity index (χ0n) is 14.0. The lowest BCUT2D eigenvalue weighted by Gasteiger charge is -2.42. The van der Waals surface area contributed by atoms with E-state index >= 15 is 0 Å². The van der Waals surface area contributed by atoms with E-state index in [4.69, 9.17) is 4.43 Å². The zero-order chi connectivity index (χ0) is 14.8. The maximum absolute atomic E-state index is 6.60. The molecule has 1 saturated carbocycles. The summed E-state index contributed by atoms with van der Waals surface area (Å²) in [7, 11) is -1.70. The van der Waals surface area contributed by atoms with Crippen LogP contribution in [-0.2, 0) is 4.43 Å². The molecule has 1 fully saturated rings. The summed E-state index contributed by atoms with van der Waals surface area (Å²) in [6, 6.07) is 0. The van der Waals surface area contributed by atoms with Crippen molar-refractivity contribution >= 4 is 8.32 Å². The van der Waals surface area contributed by atoms with E-state index in [0.29, 0.717) is 5.92 Å². The first-order chi connectivity index (χ1) is 8.58. The molecule has 0 amide bonds. The predicted molar refractivity (Wildman–Crippen MR) is 88.0 cm³/mol. The third-order valence-corrected chi connectivity index (χ3v) is 9.17. The lowest BCUT2D eigenvalue weighted by atomic mass is 9.81. The van der Waals surface area contributed by atoms with Crippen LogP contribution in [0.4, 0.5) is 0 Å². The Labute approximate surface area is 121 Å². The summed E-state index contributed by atoms with van der Waals surface area (Å²) in [5.74, 6) is 0.707. The molecule has 2 atom stereocenters. The SMILES string of the molecule is C=C1/C(=C\CC)C[C@H](C)CC1O[Si](C)(C)C(C)(C)C. The molecule has 1 rings (SSSR count). The van der Waals surface area contributed by atoms with Crippen LogP contribution in [0.5, 0.6) is 0 Å². The summed E-state index contributed by atoms with van der Waals surface area (Å²) >= 11 is 0. The van der Waals surface area contributed by atoms with Gasteiger partial charge < -0.3 is 4.43 Å². The maximum Gasteiger partial charge on any atom is 0.192 e. The van der Waals surface area contributed by atoms with Crippen LogP contribution in [0.25, 0.3) is 0 Å². The molecule has 2 heteroatoms. The first kappa shape index (κ1) is 16.7. The normalized spacial score (nSPS) is 27.9. The molecule has 0 N–H and O–H groups in total. The van der Waals surface area contributed by atoms with E-state index in [0.717, 1.165) is 12.8 Å². The van der Waals surface area contributed by atoms with Gasteiger partial charge in [0.25, 0.3) is 0 Å². The van der Waals surface area contributed by atoms with Crippen LogP contribution in [0.2, 0.25) is 18.1 Å². The van der Waals surface area contributed by atoms with E-state index < -0.39 is 8.32 Å². The largest absolute Gasteiger partial charge is 0.410 e. The van der Waals surface area contributed by atoms with Crippen molar-refractivity contribution in [2.75, 3.05) is 0 Å². The van der Waals surface area contributed by atoms with Crippen molar-refractivity contribution in [1.29, 1.82) is 0 Å². The Morgan fingerprint density at radius 1 is 1.37 bits per heavy atom. The number of rotatable bonds is 3. The van der Waals surface area contributed by atoms with Gasteiger partial charge in [0.2, 0.25) is 0 Å². The Morgan fingerprint density at radius 2 is 1.95 bits per heavy atom. The van der Waals surface area contributed by atoms with Gasteiger partial charge in [-0.15, -0.1) is 0 Å². The van der Waals surface area contributed by atoms with E-state index in [-0.39, 0.29) is 11.1 Å². The molecule has 1 unspecified atom stereocenters. The molecule has 0 aromatic carbocycles. The molecule has 1 aliphatic rings. The highest BCUT2D eigenvalue weighted by Gasteiger charge is 2.41. The minimum Gasteiger partial charge on any atom is -0.410 e. The van der Waals surface area contributed by atoms with Gasteiger partial charge in [-0.2, -0.15) is 0 Å². The minimum atomic E-state index is -1.70. The fourth-order valence-corrected chi connectivity index (χ4v) is 3.72. The third kappa shape index (κ3) is 4.06. The molecule has 110 valence electrons. The van der Waals surface area contributed by atoms with Crippen LogP contribution >= 0.6 is 0 Å². The molecule has 0 aromatic rings. The van der Waals surface area contributed by atoms with Gasteiger partial charge in [-0.25, -0.2) is 0 Å². The lowest BCUT2D eigenvalue weighted by Crippen LogP contribution is -2.45. The van der Waals surface area contributed by atoms with E-state index in [1.807, 2.05) is 0 Å². The van der Waals surface area contributed by atoms with Crippen LogP contribution in [-0.4, -0.2) is 14.4 Å². The lowest BCUT2D eigenvalue weighted by molar-refractivity contribution is 0.174. The van der Waals surface area contributed by atoms with E-state index in [1.165, 1.54) is 17.6 Å². The second-order valence-electron chi connectivity index (χ2n) is 7.57. The Kier molecular flexibility index (Phi) is 5.25. The first-order valence-corrected chi connectivity index (χ1v) is 10.5. The fourth-order valence-electron chi connectivity index (χ4n) is 2.42. The average molecular weight is 281 g/mol. The van der Waals surface area contributed by atoms with E-state index in [2.05, 4.69) is 60.4 Å². The smallest absolute Gasteiger partial charge is 0.192 e. The van der Waals surface area contributed by atoms with Gasteiger partial charge in [0.05, 0.1) is 6.10 Å². The third-order valence-electron chi connectivity index (χ3n) is 4.68. The Morgan fingerprint density at radius 3 is 2.42 bits per heavy atom. The summed E-state index contributed by atoms with van der Waals surface area (Å²) in [6.45, 7) is 20.4. The summed E-state index contributed by atoms with van der Waals surface area (Å²) < 4.78 is 6.60. The van der Waals surface area contributed by atoms with Crippen molar-refractivity contribution in [3.63, 3.8) is 0 Å². The van der Waals surface area contributed by atoms with Crippen LogP contribution in [0, 0.1) is 5.92 Å². The molecule has 1 aliphatic carbocycles. The van der Waals surface area contributed by atoms with Crippen molar-refractivity contribution in [3.8, 4) is 0 Å². The molecule has 0 aliphatic heterocycles. The molecule has 1 nitrogen and oxygen atoms in total. The van der Waals surface area contributed by atoms with Crippen molar-refractivity contribution in [3.05, 3.63) is 23.8 Å². The Balaban J connectivity index is 2.88. The van der Waals surface area contributed by atoms with Gasteiger partial charge in [0.15, 0.2) is 8.32 Å². The number of hydrogen-bond acceptors (Lipinski definition) is 1. The molecular formula is C17H32OSi. The average Bonchev–Trinajstić information content (AvgIpc) is 2.23. The van der Waals surface area contributed by atoms with Gasteiger partial charge in [0.1, 0.15) is 0 Å². The van der Waals surface area contributed by atoms with Crippen LogP contribution in [0.1, 0.15) is 53.9 Å².